The highest BCUT2D eigenvalue weighted by molar-refractivity contribution is 9.10. The molecule has 5 heteroatoms. The first-order chi connectivity index (χ1) is 9.97. The van der Waals surface area contributed by atoms with E-state index in [0.29, 0.717) is 19.4 Å². The fraction of sp³-hybridized carbons (Fsp3) is 0.375. The molecule has 0 amide bonds. The van der Waals surface area contributed by atoms with Gasteiger partial charge in [0.1, 0.15) is 11.5 Å². The highest BCUT2D eigenvalue weighted by atomic mass is 79.9. The number of hydrogen-bond acceptors (Lipinski definition) is 3. The number of aromatic nitrogens is 2. The molecule has 2 aromatic rings. The number of rotatable bonds is 6. The van der Waals surface area contributed by atoms with Crippen LogP contribution in [0.15, 0.2) is 28.7 Å². The first-order valence-corrected chi connectivity index (χ1v) is 7.66. The normalized spacial score (nSPS) is 10.7. The van der Waals surface area contributed by atoms with E-state index in [0.717, 1.165) is 27.2 Å². The first-order valence-electron chi connectivity index (χ1n) is 6.86. The van der Waals surface area contributed by atoms with Gasteiger partial charge in [0.15, 0.2) is 0 Å². The number of carbonyl (C=O) groups is 1. The molecule has 0 N–H and O–H groups in total. The minimum absolute atomic E-state index is 0.145. The second-order valence-electron chi connectivity index (χ2n) is 5.10. The van der Waals surface area contributed by atoms with E-state index in [9.17, 15) is 4.79 Å². The van der Waals surface area contributed by atoms with Crippen LogP contribution in [0.1, 0.15) is 23.4 Å². The molecule has 1 heterocycles. The summed E-state index contributed by atoms with van der Waals surface area (Å²) in [5, 5.41) is 4.29. The van der Waals surface area contributed by atoms with Crippen LogP contribution in [-0.2, 0) is 18.3 Å². The molecule has 0 unspecified atom stereocenters. The Balaban J connectivity index is 1.85. The minimum atomic E-state index is 0.145. The summed E-state index contributed by atoms with van der Waals surface area (Å²) < 4.78 is 8.27. The van der Waals surface area contributed by atoms with Gasteiger partial charge >= 0.3 is 0 Å². The van der Waals surface area contributed by atoms with Gasteiger partial charge in [-0.05, 0) is 47.5 Å². The van der Waals surface area contributed by atoms with Crippen molar-refractivity contribution in [2.75, 3.05) is 6.61 Å². The van der Waals surface area contributed by atoms with Crippen LogP contribution >= 0.6 is 15.9 Å². The van der Waals surface area contributed by atoms with E-state index in [-0.39, 0.29) is 5.78 Å². The maximum atomic E-state index is 12.0. The number of benzene rings is 1. The molecular formula is C16H19BrN2O2. The van der Waals surface area contributed by atoms with Crippen LogP contribution in [0.3, 0.4) is 0 Å². The van der Waals surface area contributed by atoms with Gasteiger partial charge in [-0.2, -0.15) is 5.10 Å². The van der Waals surface area contributed by atoms with Gasteiger partial charge < -0.3 is 4.74 Å². The molecule has 112 valence electrons. The van der Waals surface area contributed by atoms with Crippen molar-refractivity contribution < 1.29 is 9.53 Å². The van der Waals surface area contributed by atoms with Crippen LogP contribution < -0.4 is 4.74 Å². The number of ketones is 1. The molecule has 0 aliphatic rings. The van der Waals surface area contributed by atoms with Crippen molar-refractivity contribution in [2.24, 2.45) is 7.05 Å². The van der Waals surface area contributed by atoms with Crippen LogP contribution in [0.4, 0.5) is 0 Å². The zero-order valence-electron chi connectivity index (χ0n) is 12.5. The Bertz CT molecular complexity index is 650. The molecule has 1 aromatic carbocycles. The molecule has 21 heavy (non-hydrogen) atoms. The average molecular weight is 351 g/mol. The second-order valence-corrected chi connectivity index (χ2v) is 5.89. The van der Waals surface area contributed by atoms with E-state index >= 15 is 0 Å². The van der Waals surface area contributed by atoms with E-state index in [1.807, 2.05) is 45.2 Å². The SMILES string of the molecule is Cc1cccc(OCCC(=O)Cc2c(Br)c(C)nn2C)c1. The molecule has 1 aromatic heterocycles. The molecule has 0 fully saturated rings. The van der Waals surface area contributed by atoms with Crippen molar-refractivity contribution in [1.29, 1.82) is 0 Å². The number of ether oxygens (including phenoxy) is 1. The van der Waals surface area contributed by atoms with Gasteiger partial charge in [0.05, 0.1) is 22.5 Å². The molecule has 0 saturated carbocycles. The van der Waals surface area contributed by atoms with Gasteiger partial charge in [0.25, 0.3) is 0 Å². The fourth-order valence-electron chi connectivity index (χ4n) is 2.14. The Morgan fingerprint density at radius 2 is 2.14 bits per heavy atom. The molecule has 0 atom stereocenters. The van der Waals surface area contributed by atoms with Crippen LogP contribution in [0.5, 0.6) is 5.75 Å². The topological polar surface area (TPSA) is 44.1 Å². The monoisotopic (exact) mass is 350 g/mol. The number of aryl methyl sites for hydroxylation is 3. The molecule has 0 spiro atoms. The van der Waals surface area contributed by atoms with Crippen molar-refractivity contribution in [3.05, 3.63) is 45.7 Å². The van der Waals surface area contributed by atoms with Crippen LogP contribution in [0.2, 0.25) is 0 Å². The number of nitrogens with zero attached hydrogens (tertiary/aromatic N) is 2. The predicted molar refractivity (Wildman–Crippen MR) is 85.6 cm³/mol. The van der Waals surface area contributed by atoms with E-state index in [2.05, 4.69) is 21.0 Å². The Kier molecular flexibility index (Phi) is 5.17. The van der Waals surface area contributed by atoms with Gasteiger partial charge in [-0.3, -0.25) is 9.48 Å². The zero-order valence-corrected chi connectivity index (χ0v) is 14.1. The summed E-state index contributed by atoms with van der Waals surface area (Å²) in [7, 11) is 1.85. The summed E-state index contributed by atoms with van der Waals surface area (Å²) >= 11 is 3.48. The van der Waals surface area contributed by atoms with E-state index in [4.69, 9.17) is 4.74 Å². The predicted octanol–water partition coefficient (Wildman–Crippen LogP) is 3.38. The maximum Gasteiger partial charge on any atom is 0.142 e. The van der Waals surface area contributed by atoms with Crippen molar-refractivity contribution in [1.82, 2.24) is 9.78 Å². The Morgan fingerprint density at radius 3 is 2.76 bits per heavy atom. The lowest BCUT2D eigenvalue weighted by molar-refractivity contribution is -0.119. The average Bonchev–Trinajstić information content (AvgIpc) is 2.65. The summed E-state index contributed by atoms with van der Waals surface area (Å²) in [5.41, 5.74) is 2.96. The molecule has 4 nitrogen and oxygen atoms in total. The number of carbonyl (C=O) groups excluding carboxylic acids is 1. The van der Waals surface area contributed by atoms with Crippen molar-refractivity contribution in [3.63, 3.8) is 0 Å². The van der Waals surface area contributed by atoms with E-state index < -0.39 is 0 Å². The quantitative estimate of drug-likeness (QED) is 0.801. The number of hydrogen-bond donors (Lipinski definition) is 0. The lowest BCUT2D eigenvalue weighted by Crippen LogP contribution is -2.11. The maximum absolute atomic E-state index is 12.0. The van der Waals surface area contributed by atoms with Crippen LogP contribution in [-0.4, -0.2) is 22.2 Å². The summed E-state index contributed by atoms with van der Waals surface area (Å²) in [6.45, 7) is 4.33. The van der Waals surface area contributed by atoms with Crippen LogP contribution in [0, 0.1) is 13.8 Å². The molecule has 0 aliphatic carbocycles. The fourth-order valence-corrected chi connectivity index (χ4v) is 2.61. The molecule has 0 bridgehead atoms. The third-order valence-electron chi connectivity index (χ3n) is 3.27. The summed E-state index contributed by atoms with van der Waals surface area (Å²) in [5.74, 6) is 0.951. The highest BCUT2D eigenvalue weighted by Gasteiger charge is 2.14. The van der Waals surface area contributed by atoms with Gasteiger partial charge in [-0.25, -0.2) is 0 Å². The van der Waals surface area contributed by atoms with Gasteiger partial charge in [0, 0.05) is 19.9 Å². The van der Waals surface area contributed by atoms with Crippen molar-refractivity contribution in [2.45, 2.75) is 26.7 Å². The Labute approximate surface area is 133 Å². The highest BCUT2D eigenvalue weighted by Crippen LogP contribution is 2.21. The van der Waals surface area contributed by atoms with E-state index in [1.165, 1.54) is 0 Å². The van der Waals surface area contributed by atoms with Crippen LogP contribution in [0.25, 0.3) is 0 Å². The van der Waals surface area contributed by atoms with Gasteiger partial charge in [-0.1, -0.05) is 12.1 Å². The molecule has 0 aliphatic heterocycles. The second kappa shape index (κ2) is 6.89. The minimum Gasteiger partial charge on any atom is -0.493 e. The largest absolute Gasteiger partial charge is 0.493 e. The Morgan fingerprint density at radius 1 is 1.38 bits per heavy atom. The lowest BCUT2D eigenvalue weighted by atomic mass is 10.1. The standard InChI is InChI=1S/C16H19BrN2O2/c1-11-5-4-6-14(9-11)21-8-7-13(20)10-15-16(17)12(2)18-19(15)3/h4-6,9H,7-8,10H2,1-3H3. The number of halogens is 1. The summed E-state index contributed by atoms with van der Waals surface area (Å²) in [4.78, 5) is 12.0. The van der Waals surface area contributed by atoms with Crippen molar-refractivity contribution in [3.8, 4) is 5.75 Å². The smallest absolute Gasteiger partial charge is 0.142 e. The molecule has 2 rings (SSSR count). The molecule has 0 saturated heterocycles. The zero-order chi connectivity index (χ0) is 15.4. The first kappa shape index (κ1) is 15.8. The third kappa shape index (κ3) is 4.17. The Hall–Kier alpha value is -1.62. The molecular weight excluding hydrogens is 332 g/mol. The third-order valence-corrected chi connectivity index (χ3v) is 4.30. The number of Topliss-reactive ketones (excluding diaryl/α,β-unsaturated/α-hetero) is 1. The van der Waals surface area contributed by atoms with Crippen molar-refractivity contribution >= 4 is 21.7 Å². The summed E-state index contributed by atoms with van der Waals surface area (Å²) in [6, 6.07) is 7.83. The lowest BCUT2D eigenvalue weighted by Gasteiger charge is -2.07. The van der Waals surface area contributed by atoms with Gasteiger partial charge in [0.2, 0.25) is 0 Å². The molecule has 0 radical (unpaired) electrons. The van der Waals surface area contributed by atoms with E-state index in [1.54, 1.807) is 4.68 Å². The summed E-state index contributed by atoms with van der Waals surface area (Å²) in [6.07, 6.45) is 0.764. The van der Waals surface area contributed by atoms with Gasteiger partial charge in [-0.15, -0.1) is 0 Å².